The number of nitrogens with zero attached hydrogens (tertiary/aromatic N) is 1. The van der Waals surface area contributed by atoms with Gasteiger partial charge in [-0.15, -0.1) is 0 Å². The number of benzene rings is 1. The first-order valence-electron chi connectivity index (χ1n) is 6.81. The number of likely N-dealkylation sites (N-methyl/N-ethyl adjacent to an activating group) is 1. The maximum Gasteiger partial charge on any atom is 0.337 e. The summed E-state index contributed by atoms with van der Waals surface area (Å²) in [4.78, 5) is 37.1. The first kappa shape index (κ1) is 15.8. The minimum absolute atomic E-state index is 0.0605. The fourth-order valence-corrected chi connectivity index (χ4v) is 2.38. The number of nitrogens with one attached hydrogen (secondary N) is 1. The number of hydrogen-bond acceptors (Lipinski definition) is 4. The molecule has 0 fully saturated rings. The van der Waals surface area contributed by atoms with Crippen LogP contribution in [0.1, 0.15) is 28.4 Å². The molecule has 0 radical (unpaired) electrons. The molecule has 1 aromatic carbocycles. The van der Waals surface area contributed by atoms with Gasteiger partial charge in [-0.25, -0.2) is 4.79 Å². The van der Waals surface area contributed by atoms with Crippen LogP contribution in [0.4, 0.5) is 0 Å². The molecule has 1 aliphatic heterocycles. The Hall–Kier alpha value is -2.63. The van der Waals surface area contributed by atoms with Crippen molar-refractivity contribution in [3.8, 4) is 0 Å². The Bertz CT molecular complexity index is 691. The molecule has 0 aromatic heterocycles. The van der Waals surface area contributed by atoms with Gasteiger partial charge in [-0.05, 0) is 12.5 Å². The van der Waals surface area contributed by atoms with E-state index in [0.717, 1.165) is 5.56 Å². The summed E-state index contributed by atoms with van der Waals surface area (Å²) in [5.41, 5.74) is 2.68. The Morgan fingerprint density at radius 3 is 2.59 bits per heavy atom. The largest absolute Gasteiger partial charge is 0.466 e. The highest BCUT2D eigenvalue weighted by Crippen LogP contribution is 2.29. The van der Waals surface area contributed by atoms with Crippen LogP contribution in [0, 0.1) is 6.92 Å². The molecule has 6 heteroatoms. The number of esters is 1. The number of methoxy groups -OCH3 is 1. The first-order chi connectivity index (χ1) is 10.4. The van der Waals surface area contributed by atoms with E-state index in [4.69, 9.17) is 4.74 Å². The molecule has 0 aliphatic carbocycles. The summed E-state index contributed by atoms with van der Waals surface area (Å²) in [6.07, 6.45) is 0. The summed E-state index contributed by atoms with van der Waals surface area (Å²) < 4.78 is 4.80. The average Bonchev–Trinajstić information content (AvgIpc) is 2.81. The van der Waals surface area contributed by atoms with Crippen molar-refractivity contribution < 1.29 is 19.1 Å². The summed E-state index contributed by atoms with van der Waals surface area (Å²) in [7, 11) is 2.85. The Kier molecular flexibility index (Phi) is 4.30. The molecule has 1 aromatic rings. The molecule has 0 bridgehead atoms. The zero-order valence-electron chi connectivity index (χ0n) is 13.0. The number of aryl methyl sites for hydroxylation is 1. The molecule has 2 amide bonds. The van der Waals surface area contributed by atoms with E-state index < -0.39 is 5.97 Å². The van der Waals surface area contributed by atoms with E-state index in [1.807, 2.05) is 19.1 Å². The van der Waals surface area contributed by atoms with E-state index >= 15 is 0 Å². The second kappa shape index (κ2) is 6.01. The van der Waals surface area contributed by atoms with Crippen LogP contribution in [0.2, 0.25) is 0 Å². The summed E-state index contributed by atoms with van der Waals surface area (Å²) >= 11 is 0. The highest BCUT2D eigenvalue weighted by Gasteiger charge is 2.30. The maximum absolute atomic E-state index is 12.2. The molecule has 22 heavy (non-hydrogen) atoms. The van der Waals surface area contributed by atoms with Crippen molar-refractivity contribution >= 4 is 23.5 Å². The summed E-state index contributed by atoms with van der Waals surface area (Å²) in [5.74, 6) is -1.01. The van der Waals surface area contributed by atoms with Gasteiger partial charge in [-0.1, -0.05) is 18.2 Å². The zero-order chi connectivity index (χ0) is 16.4. The van der Waals surface area contributed by atoms with Crippen LogP contribution in [-0.2, 0) is 14.3 Å². The lowest BCUT2D eigenvalue weighted by Crippen LogP contribution is -2.30. The van der Waals surface area contributed by atoms with Crippen molar-refractivity contribution in [1.29, 1.82) is 0 Å². The number of rotatable bonds is 3. The first-order valence-corrected chi connectivity index (χ1v) is 6.81. The zero-order valence-corrected chi connectivity index (χ0v) is 13.0. The molecule has 1 heterocycles. The van der Waals surface area contributed by atoms with Crippen LogP contribution in [0.5, 0.6) is 0 Å². The summed E-state index contributed by atoms with van der Waals surface area (Å²) in [6.45, 7) is 3.30. The normalized spacial score (nSPS) is 15.0. The lowest BCUT2D eigenvalue weighted by atomic mass is 10.0. The standard InChI is InChI=1S/C16H18N2O4/c1-9-6-5-7-11-13(9)15(20)17-14(11)12(16(21)22-4)8-18(3)10(2)19/h5-7H,8H2,1-4H3,(H,17,20)/b14-12+. The number of fused-ring (bicyclic) bond motifs is 1. The Morgan fingerprint density at radius 2 is 2.00 bits per heavy atom. The molecule has 0 saturated carbocycles. The highest BCUT2D eigenvalue weighted by atomic mass is 16.5. The highest BCUT2D eigenvalue weighted by molar-refractivity contribution is 6.14. The number of carbonyl (C=O) groups excluding carboxylic acids is 3. The van der Waals surface area contributed by atoms with Gasteiger partial charge in [0.1, 0.15) is 0 Å². The van der Waals surface area contributed by atoms with Crippen molar-refractivity contribution in [2.75, 3.05) is 20.7 Å². The quantitative estimate of drug-likeness (QED) is 0.670. The van der Waals surface area contributed by atoms with E-state index in [-0.39, 0.29) is 23.9 Å². The van der Waals surface area contributed by atoms with Crippen molar-refractivity contribution in [2.45, 2.75) is 13.8 Å². The van der Waals surface area contributed by atoms with Gasteiger partial charge >= 0.3 is 5.97 Å². The molecule has 116 valence electrons. The predicted octanol–water partition coefficient (Wildman–Crippen LogP) is 1.10. The minimum Gasteiger partial charge on any atom is -0.466 e. The molecule has 6 nitrogen and oxygen atoms in total. The Labute approximate surface area is 128 Å². The number of hydrogen-bond donors (Lipinski definition) is 1. The van der Waals surface area contributed by atoms with Crippen molar-refractivity contribution in [1.82, 2.24) is 10.2 Å². The molecule has 0 spiro atoms. The Morgan fingerprint density at radius 1 is 1.32 bits per heavy atom. The second-order valence-corrected chi connectivity index (χ2v) is 5.17. The van der Waals surface area contributed by atoms with Gasteiger partial charge in [0, 0.05) is 19.5 Å². The van der Waals surface area contributed by atoms with Gasteiger partial charge < -0.3 is 15.0 Å². The molecule has 1 aliphatic rings. The number of carbonyl (C=O) groups is 3. The summed E-state index contributed by atoms with van der Waals surface area (Å²) in [5, 5.41) is 2.72. The van der Waals surface area contributed by atoms with Crippen LogP contribution in [-0.4, -0.2) is 43.4 Å². The monoisotopic (exact) mass is 302 g/mol. The van der Waals surface area contributed by atoms with Gasteiger partial charge in [-0.2, -0.15) is 0 Å². The lowest BCUT2D eigenvalue weighted by Gasteiger charge is -2.18. The molecular weight excluding hydrogens is 284 g/mol. The van der Waals surface area contributed by atoms with E-state index in [1.54, 1.807) is 13.1 Å². The molecule has 0 saturated heterocycles. The Balaban J connectivity index is 2.58. The summed E-state index contributed by atoms with van der Waals surface area (Å²) in [6, 6.07) is 5.42. The van der Waals surface area contributed by atoms with Gasteiger partial charge in [0.2, 0.25) is 5.91 Å². The fourth-order valence-electron chi connectivity index (χ4n) is 2.38. The van der Waals surface area contributed by atoms with E-state index in [1.165, 1.54) is 18.9 Å². The van der Waals surface area contributed by atoms with E-state index in [0.29, 0.717) is 16.8 Å². The minimum atomic E-state index is -0.572. The van der Waals surface area contributed by atoms with E-state index in [2.05, 4.69) is 5.32 Å². The number of amides is 2. The van der Waals surface area contributed by atoms with Gasteiger partial charge in [0.15, 0.2) is 0 Å². The average molecular weight is 302 g/mol. The lowest BCUT2D eigenvalue weighted by molar-refractivity contribution is -0.136. The van der Waals surface area contributed by atoms with Crippen molar-refractivity contribution in [2.24, 2.45) is 0 Å². The molecule has 0 unspecified atom stereocenters. The predicted molar refractivity (Wildman–Crippen MR) is 80.9 cm³/mol. The fraction of sp³-hybridized carbons (Fsp3) is 0.312. The van der Waals surface area contributed by atoms with Gasteiger partial charge in [-0.3, -0.25) is 9.59 Å². The smallest absolute Gasteiger partial charge is 0.337 e. The molecule has 0 atom stereocenters. The van der Waals surface area contributed by atoms with Crippen LogP contribution in [0.3, 0.4) is 0 Å². The number of ether oxygens (including phenoxy) is 1. The van der Waals surface area contributed by atoms with Crippen molar-refractivity contribution in [3.05, 3.63) is 40.5 Å². The molecule has 1 N–H and O–H groups in total. The second-order valence-electron chi connectivity index (χ2n) is 5.17. The third kappa shape index (κ3) is 2.72. The topological polar surface area (TPSA) is 75.7 Å². The van der Waals surface area contributed by atoms with E-state index in [9.17, 15) is 14.4 Å². The van der Waals surface area contributed by atoms with Gasteiger partial charge in [0.05, 0.1) is 30.5 Å². The third-order valence-electron chi connectivity index (χ3n) is 3.67. The maximum atomic E-state index is 12.2. The van der Waals surface area contributed by atoms with Gasteiger partial charge in [0.25, 0.3) is 5.91 Å². The van der Waals surface area contributed by atoms with Crippen LogP contribution in [0.25, 0.3) is 5.70 Å². The SMILES string of the molecule is COC(=O)/C(CN(C)C(C)=O)=C1/NC(=O)c2c(C)cccc21. The molecule has 2 rings (SSSR count). The molecular formula is C16H18N2O4. The third-order valence-corrected chi connectivity index (χ3v) is 3.67. The van der Waals surface area contributed by atoms with Crippen LogP contribution >= 0.6 is 0 Å². The van der Waals surface area contributed by atoms with Crippen molar-refractivity contribution in [3.63, 3.8) is 0 Å². The van der Waals surface area contributed by atoms with Crippen LogP contribution < -0.4 is 5.32 Å². The van der Waals surface area contributed by atoms with Crippen LogP contribution in [0.15, 0.2) is 23.8 Å².